The van der Waals surface area contributed by atoms with Crippen molar-refractivity contribution in [3.63, 3.8) is 0 Å². The number of alkyl carbamates (subject to hydrolysis) is 1. The highest BCUT2D eigenvalue weighted by atomic mass is 32.2. The number of carbonyl (C=O) groups is 2. The highest BCUT2D eigenvalue weighted by Crippen LogP contribution is 2.37. The number of hydrogen-bond donors (Lipinski definition) is 1. The fourth-order valence-corrected chi connectivity index (χ4v) is 4.05. The highest BCUT2D eigenvalue weighted by Gasteiger charge is 2.48. The Labute approximate surface area is 141 Å². The summed E-state index contributed by atoms with van der Waals surface area (Å²) in [4.78, 5) is 22.6. The number of rotatable bonds is 5. The first-order valence-electron chi connectivity index (χ1n) is 7.30. The van der Waals surface area contributed by atoms with Gasteiger partial charge in [0, 0.05) is 0 Å². The van der Waals surface area contributed by atoms with Crippen LogP contribution in [-0.2, 0) is 28.6 Å². The lowest BCUT2D eigenvalue weighted by Crippen LogP contribution is -2.39. The van der Waals surface area contributed by atoms with Crippen LogP contribution in [0.25, 0.3) is 0 Å². The van der Waals surface area contributed by atoms with Gasteiger partial charge in [-0.3, -0.25) is 4.18 Å². The van der Waals surface area contributed by atoms with Gasteiger partial charge in [0.1, 0.15) is 24.4 Å². The van der Waals surface area contributed by atoms with E-state index in [1.54, 1.807) is 0 Å². The van der Waals surface area contributed by atoms with Gasteiger partial charge in [0.05, 0.1) is 11.8 Å². The number of carbonyl (C=O) groups excluding carboxylic acids is 2. The molecule has 2 rings (SSSR count). The van der Waals surface area contributed by atoms with Crippen molar-refractivity contribution in [2.75, 3.05) is 13.2 Å². The molecule has 1 saturated heterocycles. The summed E-state index contributed by atoms with van der Waals surface area (Å²) in [6.45, 7) is 1.78. The number of fused-ring (bicyclic) bond motifs is 2. The predicted octanol–water partition coefficient (Wildman–Crippen LogP) is 1.02. The molecule has 3 atom stereocenters. The molecule has 1 N–H and O–H groups in total. The van der Waals surface area contributed by atoms with E-state index in [9.17, 15) is 31.2 Å². The molecule has 0 spiro atoms. The quantitative estimate of drug-likeness (QED) is 0.325. The molecule has 3 unspecified atom stereocenters. The number of esters is 1. The summed E-state index contributed by atoms with van der Waals surface area (Å²) in [6.07, 6.45) is -6.39. The molecule has 0 aromatic rings. The van der Waals surface area contributed by atoms with Gasteiger partial charge < -0.3 is 14.8 Å². The summed E-state index contributed by atoms with van der Waals surface area (Å²) in [7, 11) is -3.61. The van der Waals surface area contributed by atoms with Gasteiger partial charge in [-0.15, -0.1) is 0 Å². The SMILES string of the molecule is C=C(C(=O)OCCNC(=O)OC1CCC2CC1OS2(=O)=O)C(F)(F)F. The molecule has 0 radical (unpaired) electrons. The second kappa shape index (κ2) is 7.20. The molecule has 1 aliphatic heterocycles. The second-order valence-electron chi connectivity index (χ2n) is 5.55. The van der Waals surface area contributed by atoms with Crippen LogP contribution >= 0.6 is 0 Å². The summed E-state index contributed by atoms with van der Waals surface area (Å²) in [5, 5.41) is 1.61. The predicted molar refractivity (Wildman–Crippen MR) is 75.9 cm³/mol. The molecule has 8 nitrogen and oxygen atoms in total. The molecule has 2 bridgehead atoms. The first-order valence-corrected chi connectivity index (χ1v) is 8.77. The third-order valence-electron chi connectivity index (χ3n) is 3.80. The number of amides is 1. The van der Waals surface area contributed by atoms with Crippen LogP contribution in [0.15, 0.2) is 12.2 Å². The lowest BCUT2D eigenvalue weighted by atomic mass is 9.94. The third-order valence-corrected chi connectivity index (χ3v) is 5.56. The molecule has 25 heavy (non-hydrogen) atoms. The molecule has 1 saturated carbocycles. The van der Waals surface area contributed by atoms with Gasteiger partial charge in [-0.25, -0.2) is 9.59 Å². The topological polar surface area (TPSA) is 108 Å². The van der Waals surface area contributed by atoms with E-state index in [1.807, 2.05) is 0 Å². The van der Waals surface area contributed by atoms with Gasteiger partial charge in [-0.1, -0.05) is 6.58 Å². The summed E-state index contributed by atoms with van der Waals surface area (Å²) in [6, 6.07) is 0. The zero-order valence-corrected chi connectivity index (χ0v) is 13.7. The molecule has 2 fully saturated rings. The van der Waals surface area contributed by atoms with E-state index in [4.69, 9.17) is 8.92 Å². The van der Waals surface area contributed by atoms with Crippen molar-refractivity contribution in [1.29, 1.82) is 0 Å². The van der Waals surface area contributed by atoms with Gasteiger partial charge in [-0.05, 0) is 19.3 Å². The van der Waals surface area contributed by atoms with Gasteiger partial charge in [0.2, 0.25) is 0 Å². The summed E-state index contributed by atoms with van der Waals surface area (Å²) in [5.41, 5.74) is -1.65. The minimum Gasteiger partial charge on any atom is -0.460 e. The van der Waals surface area contributed by atoms with Crippen molar-refractivity contribution in [3.8, 4) is 0 Å². The summed E-state index contributed by atoms with van der Waals surface area (Å²) in [5.74, 6) is -1.63. The van der Waals surface area contributed by atoms with Crippen molar-refractivity contribution in [2.24, 2.45) is 0 Å². The van der Waals surface area contributed by atoms with Crippen LogP contribution in [0.3, 0.4) is 0 Å². The largest absolute Gasteiger partial charge is 0.460 e. The number of halogens is 3. The van der Waals surface area contributed by atoms with Crippen molar-refractivity contribution in [2.45, 2.75) is 42.9 Å². The highest BCUT2D eigenvalue weighted by molar-refractivity contribution is 7.87. The molecular formula is C13H16F3NO7S. The van der Waals surface area contributed by atoms with E-state index >= 15 is 0 Å². The Morgan fingerprint density at radius 1 is 1.28 bits per heavy atom. The van der Waals surface area contributed by atoms with Crippen LogP contribution in [-0.4, -0.2) is 57.3 Å². The zero-order chi connectivity index (χ0) is 18.8. The van der Waals surface area contributed by atoms with Crippen molar-refractivity contribution >= 4 is 22.2 Å². The van der Waals surface area contributed by atoms with Gasteiger partial charge in [0.25, 0.3) is 10.1 Å². The standard InChI is InChI=1S/C13H16F3NO7S/c1-7(13(14,15)16)11(18)22-5-4-17-12(19)23-9-3-2-8-6-10(9)24-25(8,20)21/h8-10H,1-6H2,(H,17,19). The first kappa shape index (κ1) is 19.5. The molecule has 1 heterocycles. The van der Waals surface area contributed by atoms with Gasteiger partial charge in [-0.2, -0.15) is 21.6 Å². The Bertz CT molecular complexity index is 661. The average Bonchev–Trinajstić information content (AvgIpc) is 2.75. The smallest absolute Gasteiger partial charge is 0.422 e. The Hall–Kier alpha value is -1.82. The van der Waals surface area contributed by atoms with Crippen LogP contribution < -0.4 is 5.32 Å². The van der Waals surface area contributed by atoms with Crippen LogP contribution in [0.1, 0.15) is 19.3 Å². The number of ether oxygens (including phenoxy) is 2. The maximum atomic E-state index is 12.2. The summed E-state index contributed by atoms with van der Waals surface area (Å²) >= 11 is 0. The lowest BCUT2D eigenvalue weighted by Gasteiger charge is -2.25. The van der Waals surface area contributed by atoms with Crippen molar-refractivity contribution < 1.29 is 44.8 Å². The maximum absolute atomic E-state index is 12.2. The minimum absolute atomic E-state index is 0.247. The molecule has 0 aromatic heterocycles. The number of nitrogens with one attached hydrogen (secondary N) is 1. The Morgan fingerprint density at radius 3 is 2.60 bits per heavy atom. The fourth-order valence-electron chi connectivity index (χ4n) is 2.49. The zero-order valence-electron chi connectivity index (χ0n) is 12.9. The summed E-state index contributed by atoms with van der Waals surface area (Å²) < 4.78 is 73.9. The normalized spacial score (nSPS) is 27.4. The van der Waals surface area contributed by atoms with Crippen LogP contribution in [0.2, 0.25) is 0 Å². The van der Waals surface area contributed by atoms with Crippen LogP contribution in [0.5, 0.6) is 0 Å². The van der Waals surface area contributed by atoms with E-state index in [2.05, 4.69) is 16.6 Å². The Kier molecular flexibility index (Phi) is 5.62. The second-order valence-corrected chi connectivity index (χ2v) is 7.39. The maximum Gasteiger partial charge on any atom is 0.422 e. The van der Waals surface area contributed by atoms with Crippen molar-refractivity contribution in [1.82, 2.24) is 5.32 Å². The van der Waals surface area contributed by atoms with E-state index in [-0.39, 0.29) is 13.0 Å². The van der Waals surface area contributed by atoms with E-state index in [1.165, 1.54) is 0 Å². The fraction of sp³-hybridized carbons (Fsp3) is 0.692. The van der Waals surface area contributed by atoms with Crippen molar-refractivity contribution in [3.05, 3.63) is 12.2 Å². The Balaban J connectivity index is 1.68. The van der Waals surface area contributed by atoms with Gasteiger partial charge in [0.15, 0.2) is 0 Å². The average molecular weight is 387 g/mol. The molecule has 12 heteroatoms. The van der Waals surface area contributed by atoms with E-state index in [0.717, 1.165) is 0 Å². The number of hydrogen-bond acceptors (Lipinski definition) is 7. The first-order chi connectivity index (χ1) is 11.5. The Morgan fingerprint density at radius 2 is 1.96 bits per heavy atom. The van der Waals surface area contributed by atoms with E-state index < -0.39 is 58.0 Å². The monoisotopic (exact) mass is 387 g/mol. The molecule has 142 valence electrons. The third kappa shape index (κ3) is 4.84. The number of alkyl halides is 3. The minimum atomic E-state index is -4.89. The van der Waals surface area contributed by atoms with Gasteiger partial charge >= 0.3 is 18.2 Å². The van der Waals surface area contributed by atoms with Crippen LogP contribution in [0.4, 0.5) is 18.0 Å². The van der Waals surface area contributed by atoms with Crippen LogP contribution in [0, 0.1) is 0 Å². The lowest BCUT2D eigenvalue weighted by molar-refractivity contribution is -0.150. The molecule has 0 aromatic carbocycles. The van der Waals surface area contributed by atoms with E-state index in [0.29, 0.717) is 12.8 Å². The molecular weight excluding hydrogens is 371 g/mol. The molecule has 1 amide bonds. The molecule has 2 aliphatic rings. The molecule has 1 aliphatic carbocycles.